The predicted octanol–water partition coefficient (Wildman–Crippen LogP) is 2.38. The Morgan fingerprint density at radius 3 is 2.53 bits per heavy atom. The Morgan fingerprint density at radius 2 is 1.88 bits per heavy atom. The molecule has 17 heavy (non-hydrogen) atoms. The van der Waals surface area contributed by atoms with Crippen LogP contribution in [-0.4, -0.2) is 20.2 Å². The number of tetrazole rings is 1. The first kappa shape index (κ1) is 16.4. The van der Waals surface area contributed by atoms with Gasteiger partial charge in [-0.3, -0.25) is 0 Å². The first-order valence-corrected chi connectivity index (χ1v) is 4.32. The van der Waals surface area contributed by atoms with E-state index in [1.807, 2.05) is 24.3 Å². The molecular weight excluding hydrogens is 426 g/mol. The van der Waals surface area contributed by atoms with Gasteiger partial charge in [0.1, 0.15) is 0 Å². The SMILES string of the molecule is Cl.Cl.[Hf].c1ccc2[cH-]c(-n3ncnn3)cc2c1. The third kappa shape index (κ3) is 3.18. The van der Waals surface area contributed by atoms with Crippen LogP contribution in [0.1, 0.15) is 0 Å². The van der Waals surface area contributed by atoms with E-state index in [2.05, 4.69) is 27.5 Å². The second-order valence-corrected chi connectivity index (χ2v) is 3.07. The number of hydrogen-bond donors (Lipinski definition) is 0. The summed E-state index contributed by atoms with van der Waals surface area (Å²) < 4.78 is 0. The summed E-state index contributed by atoms with van der Waals surface area (Å²) in [7, 11) is 0. The second-order valence-electron chi connectivity index (χ2n) is 3.07. The summed E-state index contributed by atoms with van der Waals surface area (Å²) in [6.45, 7) is 0. The zero-order chi connectivity index (χ0) is 9.38. The molecule has 0 aliphatic heterocycles. The van der Waals surface area contributed by atoms with Crippen LogP contribution in [0, 0.1) is 0 Å². The summed E-state index contributed by atoms with van der Waals surface area (Å²) in [5, 5.41) is 13.9. The van der Waals surface area contributed by atoms with Crippen molar-refractivity contribution >= 4 is 35.6 Å². The minimum absolute atomic E-state index is 0. The van der Waals surface area contributed by atoms with Crippen LogP contribution in [0.3, 0.4) is 0 Å². The summed E-state index contributed by atoms with van der Waals surface area (Å²) in [5.74, 6) is 0. The largest absolute Gasteiger partial charge is 0.162 e. The standard InChI is InChI=1S/C10H7N4.2ClH.Hf/c1-2-4-9-6-10(5-8(9)3-1)14-12-7-11-13-14;;;/h1-7H;2*1H;/q-1;;;. The molecule has 4 nitrogen and oxygen atoms in total. The van der Waals surface area contributed by atoms with Gasteiger partial charge in [-0.2, -0.15) is 4.80 Å². The Labute approximate surface area is 129 Å². The van der Waals surface area contributed by atoms with E-state index in [1.165, 1.54) is 21.9 Å². The maximum absolute atomic E-state index is 3.98. The monoisotopic (exact) mass is 435 g/mol. The first-order valence-electron chi connectivity index (χ1n) is 4.32. The molecule has 2 aromatic carbocycles. The normalized spacial score (nSPS) is 8.94. The number of fused-ring (bicyclic) bond motifs is 1. The minimum Gasteiger partial charge on any atom is -0.151 e. The van der Waals surface area contributed by atoms with Crippen LogP contribution < -0.4 is 0 Å². The fraction of sp³-hybridized carbons (Fsp3) is 0. The van der Waals surface area contributed by atoms with Crippen LogP contribution in [0.25, 0.3) is 16.5 Å². The van der Waals surface area contributed by atoms with Crippen LogP contribution in [0.15, 0.2) is 42.7 Å². The molecule has 0 saturated heterocycles. The van der Waals surface area contributed by atoms with Gasteiger partial charge in [0.05, 0.1) is 0 Å². The average Bonchev–Trinajstić information content (AvgIpc) is 2.86. The third-order valence-corrected chi connectivity index (χ3v) is 2.18. The Bertz CT molecular complexity index is 531. The van der Waals surface area contributed by atoms with Gasteiger partial charge in [-0.05, 0) is 10.9 Å². The Kier molecular flexibility index (Phi) is 6.67. The molecule has 0 atom stereocenters. The maximum atomic E-state index is 3.98. The smallest absolute Gasteiger partial charge is 0.151 e. The number of aromatic nitrogens is 4. The number of halogens is 2. The molecule has 0 radical (unpaired) electrons. The Morgan fingerprint density at radius 1 is 1.12 bits per heavy atom. The van der Waals surface area contributed by atoms with Gasteiger partial charge >= 0.3 is 0 Å². The van der Waals surface area contributed by atoms with Crippen molar-refractivity contribution in [1.82, 2.24) is 20.2 Å². The molecule has 3 rings (SSSR count). The summed E-state index contributed by atoms with van der Waals surface area (Å²) in [6.07, 6.45) is 1.43. The molecular formula is C10H9Cl2HfN4-. The molecule has 0 unspecified atom stereocenters. The Balaban J connectivity index is 0.000000853. The molecule has 7 heteroatoms. The molecule has 0 N–H and O–H groups in total. The van der Waals surface area contributed by atoms with Crippen LogP contribution in [0.5, 0.6) is 0 Å². The molecule has 0 spiro atoms. The van der Waals surface area contributed by atoms with Gasteiger partial charge in [0.25, 0.3) is 0 Å². The van der Waals surface area contributed by atoms with Crippen LogP contribution in [0.4, 0.5) is 0 Å². The number of hydrogen-bond acceptors (Lipinski definition) is 3. The van der Waals surface area contributed by atoms with Crippen LogP contribution in [-0.2, 0) is 25.8 Å². The topological polar surface area (TPSA) is 43.6 Å². The number of rotatable bonds is 1. The van der Waals surface area contributed by atoms with Crippen molar-refractivity contribution in [3.8, 4) is 5.69 Å². The maximum Gasteiger partial charge on any atom is 0.162 e. The molecule has 1 aromatic heterocycles. The van der Waals surface area contributed by atoms with E-state index in [9.17, 15) is 0 Å². The van der Waals surface area contributed by atoms with Crippen molar-refractivity contribution in [1.29, 1.82) is 0 Å². The van der Waals surface area contributed by atoms with E-state index in [-0.39, 0.29) is 50.7 Å². The third-order valence-electron chi connectivity index (χ3n) is 2.18. The predicted molar refractivity (Wildman–Crippen MR) is 66.7 cm³/mol. The van der Waals surface area contributed by atoms with E-state index in [0.29, 0.717) is 0 Å². The zero-order valence-corrected chi connectivity index (χ0v) is 13.9. The van der Waals surface area contributed by atoms with Crippen molar-refractivity contribution in [3.05, 3.63) is 42.7 Å². The van der Waals surface area contributed by atoms with Gasteiger partial charge in [-0.1, -0.05) is 6.07 Å². The summed E-state index contributed by atoms with van der Waals surface area (Å²) in [4.78, 5) is 1.51. The van der Waals surface area contributed by atoms with Crippen molar-refractivity contribution in [3.63, 3.8) is 0 Å². The van der Waals surface area contributed by atoms with Gasteiger partial charge < -0.3 is 0 Å². The molecule has 0 aliphatic rings. The molecule has 0 fully saturated rings. The van der Waals surface area contributed by atoms with Crippen LogP contribution >= 0.6 is 24.8 Å². The van der Waals surface area contributed by atoms with Crippen molar-refractivity contribution < 1.29 is 25.8 Å². The molecule has 0 saturated carbocycles. The minimum atomic E-state index is 0. The molecule has 1 heterocycles. The molecule has 0 bridgehead atoms. The molecule has 88 valence electrons. The number of nitrogens with zero attached hydrogens (tertiary/aromatic N) is 4. The van der Waals surface area contributed by atoms with Gasteiger partial charge in [-0.25, -0.2) is 0 Å². The van der Waals surface area contributed by atoms with E-state index in [1.54, 1.807) is 0 Å². The Hall–Kier alpha value is -0.650. The first-order chi connectivity index (χ1) is 6.93. The fourth-order valence-corrected chi connectivity index (χ4v) is 1.53. The molecule has 0 amide bonds. The van der Waals surface area contributed by atoms with E-state index >= 15 is 0 Å². The molecule has 3 aromatic rings. The van der Waals surface area contributed by atoms with Gasteiger partial charge in [0.2, 0.25) is 0 Å². The van der Waals surface area contributed by atoms with Crippen molar-refractivity contribution in [2.45, 2.75) is 0 Å². The fourth-order valence-electron chi connectivity index (χ4n) is 1.53. The van der Waals surface area contributed by atoms with Crippen LogP contribution in [0.2, 0.25) is 0 Å². The number of benzene rings is 1. The van der Waals surface area contributed by atoms with Gasteiger partial charge in [0.15, 0.2) is 6.33 Å². The van der Waals surface area contributed by atoms with Gasteiger partial charge in [0, 0.05) is 25.8 Å². The van der Waals surface area contributed by atoms with E-state index in [0.717, 1.165) is 5.69 Å². The van der Waals surface area contributed by atoms with Crippen molar-refractivity contribution in [2.75, 3.05) is 0 Å². The average molecular weight is 435 g/mol. The summed E-state index contributed by atoms with van der Waals surface area (Å²) in [5.41, 5.74) is 0.948. The second kappa shape index (κ2) is 6.93. The van der Waals surface area contributed by atoms with E-state index < -0.39 is 0 Å². The molecule has 0 aliphatic carbocycles. The zero-order valence-electron chi connectivity index (χ0n) is 8.65. The van der Waals surface area contributed by atoms with E-state index in [4.69, 9.17) is 0 Å². The quantitative estimate of drug-likeness (QED) is 0.436. The van der Waals surface area contributed by atoms with Crippen molar-refractivity contribution in [2.24, 2.45) is 0 Å². The summed E-state index contributed by atoms with van der Waals surface area (Å²) >= 11 is 0. The van der Waals surface area contributed by atoms with Gasteiger partial charge in [-0.15, -0.1) is 76.1 Å². The summed E-state index contributed by atoms with van der Waals surface area (Å²) in [6, 6.07) is 12.2.